The van der Waals surface area contributed by atoms with Gasteiger partial charge in [-0.25, -0.2) is 0 Å². The van der Waals surface area contributed by atoms with Crippen molar-refractivity contribution in [3.05, 3.63) is 92.9 Å². The Balaban J connectivity index is 2.00. The number of rotatable bonds is 12. The molecule has 1 heterocycles. The van der Waals surface area contributed by atoms with Gasteiger partial charge >= 0.3 is 5.97 Å². The predicted molar refractivity (Wildman–Crippen MR) is 161 cm³/mol. The number of carboxylic acids is 1. The molecular weight excluding hydrogens is 502 g/mol. The maximum Gasteiger partial charge on any atom is 0.305 e. The quantitative estimate of drug-likeness (QED) is 0.315. The normalized spacial score (nSPS) is 12.9. The summed E-state index contributed by atoms with van der Waals surface area (Å²) in [5.41, 5.74) is 6.70. The van der Waals surface area contributed by atoms with Crippen molar-refractivity contribution in [3.8, 4) is 11.1 Å². The van der Waals surface area contributed by atoms with Gasteiger partial charge in [-0.3, -0.25) is 14.4 Å². The summed E-state index contributed by atoms with van der Waals surface area (Å²) < 4.78 is 1.53. The van der Waals surface area contributed by atoms with Gasteiger partial charge in [0, 0.05) is 18.8 Å². The first-order chi connectivity index (χ1) is 18.9. The Morgan fingerprint density at radius 2 is 1.62 bits per heavy atom. The highest BCUT2D eigenvalue weighted by Gasteiger charge is 2.27. The first kappa shape index (κ1) is 30.8. The van der Waals surface area contributed by atoms with E-state index in [1.165, 1.54) is 4.57 Å². The van der Waals surface area contributed by atoms with Crippen molar-refractivity contribution in [3.63, 3.8) is 0 Å². The minimum Gasteiger partial charge on any atom is -0.481 e. The lowest BCUT2D eigenvalue weighted by molar-refractivity contribution is -0.138. The molecule has 7 nitrogen and oxygen atoms in total. The molecule has 7 heteroatoms. The summed E-state index contributed by atoms with van der Waals surface area (Å²) in [5.74, 6) is -1.23. The molecule has 0 saturated carbocycles. The van der Waals surface area contributed by atoms with E-state index in [2.05, 4.69) is 10.2 Å². The topological polar surface area (TPSA) is 91.6 Å². The molecule has 0 aliphatic heterocycles. The molecule has 1 aromatic heterocycles. The molecule has 2 N–H and O–H groups in total. The zero-order valence-corrected chi connectivity index (χ0v) is 24.8. The van der Waals surface area contributed by atoms with Crippen LogP contribution in [0.25, 0.3) is 11.1 Å². The summed E-state index contributed by atoms with van der Waals surface area (Å²) in [6.45, 7) is 10.9. The van der Waals surface area contributed by atoms with Crippen LogP contribution < -0.4 is 10.9 Å². The molecule has 2 aromatic carbocycles. The Labute approximate surface area is 237 Å². The predicted octanol–water partition coefficient (Wildman–Crippen LogP) is 5.46. The number of pyridine rings is 1. The lowest BCUT2D eigenvalue weighted by Gasteiger charge is -2.26. The number of hydrogen-bond donors (Lipinski definition) is 2. The fourth-order valence-electron chi connectivity index (χ4n) is 5.20. The van der Waals surface area contributed by atoms with E-state index in [-0.39, 0.29) is 23.8 Å². The second-order valence-corrected chi connectivity index (χ2v) is 11.5. The lowest BCUT2D eigenvalue weighted by Crippen LogP contribution is -2.40. The molecule has 0 unspecified atom stereocenters. The van der Waals surface area contributed by atoms with Gasteiger partial charge in [0.15, 0.2) is 0 Å². The largest absolute Gasteiger partial charge is 0.481 e. The van der Waals surface area contributed by atoms with Crippen molar-refractivity contribution < 1.29 is 14.7 Å². The number of carbonyl (C=O) groups excluding carboxylic acids is 1. The van der Waals surface area contributed by atoms with Gasteiger partial charge in [-0.1, -0.05) is 50.2 Å². The third-order valence-corrected chi connectivity index (χ3v) is 7.31. The van der Waals surface area contributed by atoms with Crippen LogP contribution in [0, 0.1) is 26.7 Å². The van der Waals surface area contributed by atoms with Crippen molar-refractivity contribution in [1.82, 2.24) is 14.8 Å². The van der Waals surface area contributed by atoms with Crippen LogP contribution in [0.1, 0.15) is 66.6 Å². The number of hydrogen-bond acceptors (Lipinski definition) is 4. The van der Waals surface area contributed by atoms with E-state index in [0.29, 0.717) is 12.0 Å². The Morgan fingerprint density at radius 1 is 0.975 bits per heavy atom. The summed E-state index contributed by atoms with van der Waals surface area (Å²) >= 11 is 0. The van der Waals surface area contributed by atoms with Crippen molar-refractivity contribution in [2.45, 2.75) is 66.0 Å². The summed E-state index contributed by atoms with van der Waals surface area (Å²) in [5, 5.41) is 12.7. The lowest BCUT2D eigenvalue weighted by atomic mass is 9.92. The van der Waals surface area contributed by atoms with Gasteiger partial charge in [-0.2, -0.15) is 0 Å². The molecule has 3 aromatic rings. The highest BCUT2D eigenvalue weighted by atomic mass is 16.4. The second-order valence-electron chi connectivity index (χ2n) is 11.5. The molecule has 2 atom stereocenters. The number of carbonyl (C=O) groups is 2. The third kappa shape index (κ3) is 7.92. The van der Waals surface area contributed by atoms with Crippen LogP contribution in [0.4, 0.5) is 0 Å². The number of carboxylic acid groups (broad SMARTS) is 1. The highest BCUT2D eigenvalue weighted by molar-refractivity contribution is 5.82. The number of aryl methyl sites for hydroxylation is 3. The number of aromatic nitrogens is 1. The second kappa shape index (κ2) is 13.6. The average molecular weight is 546 g/mol. The zero-order chi connectivity index (χ0) is 29.6. The van der Waals surface area contributed by atoms with Gasteiger partial charge in [0.05, 0.1) is 12.5 Å². The van der Waals surface area contributed by atoms with Crippen LogP contribution in [0.15, 0.2) is 59.5 Å². The van der Waals surface area contributed by atoms with E-state index < -0.39 is 18.1 Å². The van der Waals surface area contributed by atoms with Gasteiger partial charge in [0.25, 0.3) is 5.56 Å². The minimum atomic E-state index is -1.01. The van der Waals surface area contributed by atoms with E-state index in [1.54, 1.807) is 6.07 Å². The van der Waals surface area contributed by atoms with Gasteiger partial charge in [0.1, 0.15) is 6.04 Å². The van der Waals surface area contributed by atoms with Crippen molar-refractivity contribution in [2.24, 2.45) is 5.92 Å². The fraction of sp³-hybridized carbons (Fsp3) is 0.424. The molecule has 0 bridgehead atoms. The first-order valence-electron chi connectivity index (χ1n) is 13.9. The van der Waals surface area contributed by atoms with Crippen LogP contribution in [0.3, 0.4) is 0 Å². The Morgan fingerprint density at radius 3 is 2.23 bits per heavy atom. The molecule has 0 saturated heterocycles. The maximum atomic E-state index is 13.9. The van der Waals surface area contributed by atoms with E-state index in [4.69, 9.17) is 0 Å². The van der Waals surface area contributed by atoms with Crippen LogP contribution in [-0.2, 0) is 16.0 Å². The molecule has 40 heavy (non-hydrogen) atoms. The molecule has 214 valence electrons. The summed E-state index contributed by atoms with van der Waals surface area (Å²) in [7, 11) is 4.00. The van der Waals surface area contributed by atoms with Crippen molar-refractivity contribution in [2.75, 3.05) is 20.6 Å². The van der Waals surface area contributed by atoms with E-state index >= 15 is 0 Å². The molecule has 0 aliphatic rings. The summed E-state index contributed by atoms with van der Waals surface area (Å²) in [6.07, 6.45) is 2.74. The fourth-order valence-corrected chi connectivity index (χ4v) is 5.20. The van der Waals surface area contributed by atoms with Gasteiger partial charge < -0.3 is 19.9 Å². The van der Waals surface area contributed by atoms with E-state index in [9.17, 15) is 19.5 Å². The summed E-state index contributed by atoms with van der Waals surface area (Å²) in [4.78, 5) is 41.0. The number of aliphatic carboxylic acids is 1. The molecule has 0 fully saturated rings. The number of likely N-dealkylation sites (N-methyl/N-ethyl adjacent to an activating group) is 1. The highest BCUT2D eigenvalue weighted by Crippen LogP contribution is 2.30. The zero-order valence-electron chi connectivity index (χ0n) is 24.8. The number of amides is 1. The Hall–Kier alpha value is -3.71. The number of benzene rings is 2. The maximum absolute atomic E-state index is 13.9. The smallest absolute Gasteiger partial charge is 0.305 e. The monoisotopic (exact) mass is 545 g/mol. The first-order valence-corrected chi connectivity index (χ1v) is 13.9. The Bertz CT molecular complexity index is 1390. The van der Waals surface area contributed by atoms with Gasteiger partial charge in [-0.15, -0.1) is 0 Å². The van der Waals surface area contributed by atoms with E-state index in [1.807, 2.05) is 97.4 Å². The molecule has 0 radical (unpaired) electrons. The van der Waals surface area contributed by atoms with Crippen LogP contribution in [0.5, 0.6) is 0 Å². The molecular formula is C33H43N3O4. The SMILES string of the molecule is Cc1cc(=O)n([C@H](CC(C)C)C(=O)N[C@@H](CC(=O)O)c2cccc(-c3c(C)cccc3C)c2)cc1CCN(C)C. The molecule has 3 rings (SSSR count). The minimum absolute atomic E-state index is 0.138. The van der Waals surface area contributed by atoms with Gasteiger partial charge in [-0.05, 0) is 98.6 Å². The molecule has 1 amide bonds. The standard InChI is InChI=1S/C33H43N3O4/c1-21(2)16-29(36-20-27(14-15-35(6)7)24(5)17-30(36)37)33(40)34-28(19-31(38)39)25-12-9-13-26(18-25)32-22(3)10-8-11-23(32)4/h8-13,17-18,20-21,28-29H,14-16,19H2,1-7H3,(H,34,40)(H,38,39)/t28-,29+/m0/s1. The molecule has 0 aliphatic carbocycles. The van der Waals surface area contributed by atoms with Crippen LogP contribution in [-0.4, -0.2) is 47.1 Å². The number of nitrogens with one attached hydrogen (secondary N) is 1. The average Bonchev–Trinajstić information content (AvgIpc) is 2.86. The number of nitrogens with zero attached hydrogens (tertiary/aromatic N) is 2. The van der Waals surface area contributed by atoms with Crippen molar-refractivity contribution >= 4 is 11.9 Å². The van der Waals surface area contributed by atoms with Crippen LogP contribution >= 0.6 is 0 Å². The Kier molecular flexibility index (Phi) is 10.5. The summed E-state index contributed by atoms with van der Waals surface area (Å²) in [6, 6.07) is 13.9. The molecule has 0 spiro atoms. The third-order valence-electron chi connectivity index (χ3n) is 7.31. The van der Waals surface area contributed by atoms with E-state index in [0.717, 1.165) is 46.3 Å². The van der Waals surface area contributed by atoms with Crippen molar-refractivity contribution in [1.29, 1.82) is 0 Å². The van der Waals surface area contributed by atoms with Gasteiger partial charge in [0.2, 0.25) is 5.91 Å². The van der Waals surface area contributed by atoms with Crippen LogP contribution in [0.2, 0.25) is 0 Å².